The van der Waals surface area contributed by atoms with Crippen molar-refractivity contribution >= 4 is 0 Å². The van der Waals surface area contributed by atoms with Crippen molar-refractivity contribution in [1.29, 1.82) is 0 Å². The number of rotatable bonds is 7. The third-order valence-electron chi connectivity index (χ3n) is 5.75. The van der Waals surface area contributed by atoms with Gasteiger partial charge in [0, 0.05) is 17.7 Å². The molecule has 0 N–H and O–H groups in total. The largest absolute Gasteiger partial charge is 0.432 e. The number of halogens is 10. The highest BCUT2D eigenvalue weighted by Gasteiger charge is 2.42. The van der Waals surface area contributed by atoms with E-state index in [-0.39, 0.29) is 35.4 Å². The number of hydrogen-bond donors (Lipinski definition) is 0. The van der Waals surface area contributed by atoms with Gasteiger partial charge in [0.1, 0.15) is 40.4 Å². The molecule has 0 spiro atoms. The zero-order valence-electron chi connectivity index (χ0n) is 19.8. The zero-order chi connectivity index (χ0) is 28.6. The van der Waals surface area contributed by atoms with E-state index in [4.69, 9.17) is 0 Å². The van der Waals surface area contributed by atoms with Crippen LogP contribution in [-0.4, -0.2) is 0 Å². The van der Waals surface area contributed by atoms with Crippen molar-refractivity contribution in [2.24, 2.45) is 0 Å². The average Bonchev–Trinajstić information content (AvgIpc) is 2.81. The molecule has 0 heterocycles. The number of ether oxygens (including phenoxy) is 1. The Kier molecular flexibility index (Phi) is 7.63. The lowest BCUT2D eigenvalue weighted by atomic mass is 9.96. The van der Waals surface area contributed by atoms with Crippen molar-refractivity contribution in [2.45, 2.75) is 25.9 Å². The van der Waals surface area contributed by atoms with Gasteiger partial charge in [-0.2, -0.15) is 8.78 Å². The molecule has 0 bridgehead atoms. The van der Waals surface area contributed by atoms with Crippen molar-refractivity contribution in [3.05, 3.63) is 112 Å². The van der Waals surface area contributed by atoms with Crippen LogP contribution in [0.15, 0.2) is 54.6 Å². The summed E-state index contributed by atoms with van der Waals surface area (Å²) in [4.78, 5) is 0. The summed E-state index contributed by atoms with van der Waals surface area (Å²) in [7, 11) is 0. The minimum absolute atomic E-state index is 0.0307. The van der Waals surface area contributed by atoms with Gasteiger partial charge in [0.2, 0.25) is 0 Å². The van der Waals surface area contributed by atoms with Gasteiger partial charge in [0.05, 0.1) is 5.56 Å². The standard InChI is InChI=1S/C28H16F10O/c1-2-3-13-4-5-17(18(29)6-13)14-7-19(30)25(20(31)8-14)15-9-21(32)26(22(33)10-15)28(37,38)39-16-11-23(34)27(36)24(35)12-16/h4-12H,2-3H2,1H3. The molecule has 0 aliphatic heterocycles. The molecule has 4 rings (SSSR count). The predicted octanol–water partition coefficient (Wildman–Crippen LogP) is 9.21. The Balaban J connectivity index is 1.70. The molecule has 11 heteroatoms. The van der Waals surface area contributed by atoms with Gasteiger partial charge in [-0.3, -0.25) is 0 Å². The molecule has 0 amide bonds. The zero-order valence-corrected chi connectivity index (χ0v) is 19.8. The molecule has 0 saturated carbocycles. The molecule has 204 valence electrons. The van der Waals surface area contributed by atoms with E-state index in [1.165, 1.54) is 12.1 Å². The summed E-state index contributed by atoms with van der Waals surface area (Å²) >= 11 is 0. The van der Waals surface area contributed by atoms with Crippen LogP contribution in [0.3, 0.4) is 0 Å². The fourth-order valence-electron chi connectivity index (χ4n) is 4.03. The van der Waals surface area contributed by atoms with E-state index in [1.54, 1.807) is 6.07 Å². The van der Waals surface area contributed by atoms with Crippen LogP contribution in [0.5, 0.6) is 5.75 Å². The second-order valence-electron chi connectivity index (χ2n) is 8.51. The molecule has 0 saturated heterocycles. The number of hydrogen-bond acceptors (Lipinski definition) is 1. The van der Waals surface area contributed by atoms with Crippen molar-refractivity contribution < 1.29 is 48.6 Å². The maximum absolute atomic E-state index is 14.9. The van der Waals surface area contributed by atoms with Gasteiger partial charge < -0.3 is 4.74 Å². The van der Waals surface area contributed by atoms with Crippen LogP contribution in [-0.2, 0) is 12.5 Å². The molecule has 4 aromatic carbocycles. The topological polar surface area (TPSA) is 9.23 Å². The normalized spacial score (nSPS) is 11.7. The number of aryl methyl sites for hydroxylation is 1. The molecule has 0 aliphatic carbocycles. The molecule has 0 radical (unpaired) electrons. The molecular formula is C28H16F10O. The second kappa shape index (κ2) is 10.6. The first kappa shape index (κ1) is 28.0. The molecule has 0 aromatic heterocycles. The summed E-state index contributed by atoms with van der Waals surface area (Å²) in [5, 5.41) is 0. The summed E-state index contributed by atoms with van der Waals surface area (Å²) in [6.07, 6.45) is -3.57. The summed E-state index contributed by atoms with van der Waals surface area (Å²) < 4.78 is 147. The van der Waals surface area contributed by atoms with Crippen LogP contribution < -0.4 is 4.74 Å². The maximum Gasteiger partial charge on any atom is 0.432 e. The first-order valence-corrected chi connectivity index (χ1v) is 11.3. The highest BCUT2D eigenvalue weighted by molar-refractivity contribution is 5.72. The minimum Gasteiger partial charge on any atom is -0.429 e. The first-order chi connectivity index (χ1) is 18.3. The lowest BCUT2D eigenvalue weighted by Gasteiger charge is -2.20. The van der Waals surface area contributed by atoms with E-state index in [1.807, 2.05) is 6.92 Å². The predicted molar refractivity (Wildman–Crippen MR) is 122 cm³/mol. The Labute approximate surface area is 215 Å². The molecule has 4 aromatic rings. The SMILES string of the molecule is CCCc1ccc(-c2cc(F)c(-c3cc(F)c(C(F)(F)Oc4cc(F)c(F)c(F)c4)c(F)c3)c(F)c2)c(F)c1. The smallest absolute Gasteiger partial charge is 0.429 e. The van der Waals surface area contributed by atoms with Crippen LogP contribution >= 0.6 is 0 Å². The molecule has 39 heavy (non-hydrogen) atoms. The van der Waals surface area contributed by atoms with Gasteiger partial charge in [-0.15, -0.1) is 0 Å². The fourth-order valence-corrected chi connectivity index (χ4v) is 4.03. The van der Waals surface area contributed by atoms with E-state index in [0.717, 1.165) is 18.6 Å². The molecule has 0 atom stereocenters. The van der Waals surface area contributed by atoms with Gasteiger partial charge in [-0.25, -0.2) is 35.1 Å². The molecular weight excluding hydrogens is 542 g/mol. The number of benzene rings is 4. The Morgan fingerprint density at radius 3 is 1.67 bits per heavy atom. The third kappa shape index (κ3) is 5.57. The van der Waals surface area contributed by atoms with E-state index in [2.05, 4.69) is 4.74 Å². The lowest BCUT2D eigenvalue weighted by Crippen LogP contribution is -2.25. The van der Waals surface area contributed by atoms with Gasteiger partial charge in [-0.05, 0) is 53.4 Å². The Morgan fingerprint density at radius 1 is 0.615 bits per heavy atom. The Morgan fingerprint density at radius 2 is 1.15 bits per heavy atom. The van der Waals surface area contributed by atoms with E-state index in [0.29, 0.717) is 12.0 Å². The van der Waals surface area contributed by atoms with Crippen LogP contribution in [0.4, 0.5) is 43.9 Å². The van der Waals surface area contributed by atoms with Crippen LogP contribution in [0, 0.1) is 46.5 Å². The fraction of sp³-hybridized carbons (Fsp3) is 0.143. The summed E-state index contributed by atoms with van der Waals surface area (Å²) in [6, 6.07) is 6.00. The summed E-state index contributed by atoms with van der Waals surface area (Å²) in [5.41, 5.74) is -3.54. The second-order valence-corrected chi connectivity index (χ2v) is 8.51. The monoisotopic (exact) mass is 558 g/mol. The van der Waals surface area contributed by atoms with Gasteiger partial charge in [0.25, 0.3) is 0 Å². The quantitative estimate of drug-likeness (QED) is 0.162. The first-order valence-electron chi connectivity index (χ1n) is 11.3. The minimum atomic E-state index is -4.88. The lowest BCUT2D eigenvalue weighted by molar-refractivity contribution is -0.189. The highest BCUT2D eigenvalue weighted by Crippen LogP contribution is 2.39. The average molecular weight is 558 g/mol. The van der Waals surface area contributed by atoms with Crippen LogP contribution in [0.25, 0.3) is 22.3 Å². The van der Waals surface area contributed by atoms with E-state index in [9.17, 15) is 43.9 Å². The van der Waals surface area contributed by atoms with Crippen LogP contribution in [0.1, 0.15) is 24.5 Å². The molecule has 0 aliphatic rings. The van der Waals surface area contributed by atoms with Crippen molar-refractivity contribution in [3.63, 3.8) is 0 Å². The van der Waals surface area contributed by atoms with Crippen molar-refractivity contribution in [3.8, 4) is 28.0 Å². The van der Waals surface area contributed by atoms with Crippen LogP contribution in [0.2, 0.25) is 0 Å². The molecule has 1 nitrogen and oxygen atoms in total. The highest BCUT2D eigenvalue weighted by atomic mass is 19.3. The van der Waals surface area contributed by atoms with Gasteiger partial charge in [-0.1, -0.05) is 25.5 Å². The van der Waals surface area contributed by atoms with Crippen molar-refractivity contribution in [2.75, 3.05) is 0 Å². The Hall–Kier alpha value is -4.02. The summed E-state index contributed by atoms with van der Waals surface area (Å²) in [5.74, 6) is -14.6. The third-order valence-corrected chi connectivity index (χ3v) is 5.75. The van der Waals surface area contributed by atoms with Gasteiger partial charge >= 0.3 is 6.11 Å². The number of alkyl halides is 2. The Bertz CT molecular complexity index is 1500. The van der Waals surface area contributed by atoms with Gasteiger partial charge in [0.15, 0.2) is 17.5 Å². The van der Waals surface area contributed by atoms with E-state index < -0.39 is 75.1 Å². The molecule has 0 fully saturated rings. The maximum atomic E-state index is 14.9. The molecule has 0 unspecified atom stereocenters. The van der Waals surface area contributed by atoms with Crippen molar-refractivity contribution in [1.82, 2.24) is 0 Å². The summed E-state index contributed by atoms with van der Waals surface area (Å²) in [6.45, 7) is 1.88. The van der Waals surface area contributed by atoms with E-state index >= 15 is 0 Å².